The third-order valence-corrected chi connectivity index (χ3v) is 4.40. The first-order valence-corrected chi connectivity index (χ1v) is 9.55. The molecule has 0 aliphatic carbocycles. The van der Waals surface area contributed by atoms with Crippen molar-refractivity contribution in [3.8, 4) is 17.2 Å². The molecule has 4 N–H and O–H groups in total. The second-order valence-electron chi connectivity index (χ2n) is 5.61. The zero-order valence-electron chi connectivity index (χ0n) is 15.7. The minimum Gasteiger partial charge on any atom is -0.496 e. The van der Waals surface area contributed by atoms with Gasteiger partial charge in [-0.2, -0.15) is 0 Å². The zero-order valence-corrected chi connectivity index (χ0v) is 16.5. The molecule has 2 aromatic rings. The lowest BCUT2D eigenvalue weighted by molar-refractivity contribution is 0.0163. The molecule has 0 amide bonds. The summed E-state index contributed by atoms with van der Waals surface area (Å²) >= 11 is 1.00. The number of ether oxygens (including phenoxy) is 3. The summed E-state index contributed by atoms with van der Waals surface area (Å²) in [5.74, 6) is 7.48. The summed E-state index contributed by atoms with van der Waals surface area (Å²) in [5, 5.41) is 12.6. The first-order chi connectivity index (χ1) is 13.1. The SMILES string of the molecule is CCOc1ccccc1OCCNCCc1ccc(OC)c(SN(N)O)c1. The van der Waals surface area contributed by atoms with Crippen molar-refractivity contribution in [3.63, 3.8) is 0 Å². The number of rotatable bonds is 12. The summed E-state index contributed by atoms with van der Waals surface area (Å²) in [6.07, 6.45) is 0.836. The first kappa shape index (κ1) is 21.3. The fraction of sp³-hybridized carbons (Fsp3) is 0.368. The van der Waals surface area contributed by atoms with Gasteiger partial charge in [0.15, 0.2) is 11.5 Å². The van der Waals surface area contributed by atoms with E-state index in [1.807, 2.05) is 49.4 Å². The molecule has 148 valence electrons. The van der Waals surface area contributed by atoms with Crippen molar-refractivity contribution >= 4 is 11.9 Å². The van der Waals surface area contributed by atoms with Crippen molar-refractivity contribution < 1.29 is 19.4 Å². The normalized spacial score (nSPS) is 10.9. The van der Waals surface area contributed by atoms with Gasteiger partial charge in [0.2, 0.25) is 0 Å². The van der Waals surface area contributed by atoms with Crippen LogP contribution in [0.4, 0.5) is 0 Å². The van der Waals surface area contributed by atoms with E-state index in [9.17, 15) is 5.21 Å². The maximum atomic E-state index is 9.22. The molecule has 0 aromatic heterocycles. The van der Waals surface area contributed by atoms with E-state index >= 15 is 0 Å². The molecule has 0 unspecified atom stereocenters. The highest BCUT2D eigenvalue weighted by molar-refractivity contribution is 7.96. The van der Waals surface area contributed by atoms with E-state index in [4.69, 9.17) is 20.1 Å². The molecule has 0 saturated heterocycles. The number of nitrogens with two attached hydrogens (primary N) is 1. The van der Waals surface area contributed by atoms with E-state index in [-0.39, 0.29) is 0 Å². The van der Waals surface area contributed by atoms with Crippen molar-refractivity contribution in [3.05, 3.63) is 48.0 Å². The number of nitrogens with one attached hydrogen (secondary N) is 1. The molecule has 0 saturated carbocycles. The van der Waals surface area contributed by atoms with Crippen LogP contribution in [0, 0.1) is 0 Å². The van der Waals surface area contributed by atoms with Crippen LogP contribution in [0.3, 0.4) is 0 Å². The van der Waals surface area contributed by atoms with Crippen LogP contribution >= 0.6 is 11.9 Å². The van der Waals surface area contributed by atoms with Crippen LogP contribution in [0.2, 0.25) is 0 Å². The molecule has 0 radical (unpaired) electrons. The maximum Gasteiger partial charge on any atom is 0.161 e. The molecule has 7 nitrogen and oxygen atoms in total. The lowest BCUT2D eigenvalue weighted by Gasteiger charge is -2.13. The lowest BCUT2D eigenvalue weighted by atomic mass is 10.1. The van der Waals surface area contributed by atoms with E-state index in [0.717, 1.165) is 53.4 Å². The monoisotopic (exact) mass is 393 g/mol. The molecule has 0 aliphatic heterocycles. The first-order valence-electron chi connectivity index (χ1n) is 8.78. The summed E-state index contributed by atoms with van der Waals surface area (Å²) in [6, 6.07) is 13.5. The second kappa shape index (κ2) is 11.7. The predicted molar refractivity (Wildman–Crippen MR) is 106 cm³/mol. The van der Waals surface area contributed by atoms with E-state index in [2.05, 4.69) is 5.32 Å². The molecular weight excluding hydrogens is 366 g/mol. The van der Waals surface area contributed by atoms with Crippen molar-refractivity contribution in [2.45, 2.75) is 18.2 Å². The lowest BCUT2D eigenvalue weighted by Crippen LogP contribution is -2.23. The average Bonchev–Trinajstić information content (AvgIpc) is 2.66. The van der Waals surface area contributed by atoms with Gasteiger partial charge in [-0.05, 0) is 49.7 Å². The summed E-state index contributed by atoms with van der Waals surface area (Å²) in [4.78, 5) is 0.760. The Kier molecular flexibility index (Phi) is 9.23. The van der Waals surface area contributed by atoms with Crippen LogP contribution in [0.15, 0.2) is 47.4 Å². The van der Waals surface area contributed by atoms with Gasteiger partial charge >= 0.3 is 0 Å². The summed E-state index contributed by atoms with van der Waals surface area (Å²) in [5.41, 5.74) is 1.12. The van der Waals surface area contributed by atoms with E-state index in [1.165, 1.54) is 0 Å². The van der Waals surface area contributed by atoms with Gasteiger partial charge in [-0.1, -0.05) is 22.8 Å². The molecule has 0 heterocycles. The highest BCUT2D eigenvalue weighted by atomic mass is 32.2. The standard InChI is InChI=1S/C19H27N3O4S/c1-3-25-16-6-4-5-7-17(16)26-13-12-21-11-10-15-8-9-18(24-2)19(14-15)27-22(20)23/h4-9,14,21,23H,3,10-13,20H2,1-2H3. The Labute approximate surface area is 164 Å². The van der Waals surface area contributed by atoms with Crippen molar-refractivity contribution in [2.75, 3.05) is 33.4 Å². The van der Waals surface area contributed by atoms with E-state index in [0.29, 0.717) is 23.5 Å². The van der Waals surface area contributed by atoms with Crippen molar-refractivity contribution in [1.29, 1.82) is 0 Å². The molecule has 2 aromatic carbocycles. The topological polar surface area (TPSA) is 89.2 Å². The number of hydrazine groups is 1. The molecule has 0 spiro atoms. The van der Waals surface area contributed by atoms with Crippen molar-refractivity contribution in [2.24, 2.45) is 5.84 Å². The Hall–Kier alpha value is -1.97. The Morgan fingerprint density at radius 3 is 2.48 bits per heavy atom. The summed E-state index contributed by atoms with van der Waals surface area (Å²) in [7, 11) is 1.59. The third kappa shape index (κ3) is 7.28. The van der Waals surface area contributed by atoms with Crippen LogP contribution in [-0.2, 0) is 6.42 Å². The van der Waals surface area contributed by atoms with Gasteiger partial charge in [-0.25, -0.2) is 5.84 Å². The third-order valence-electron chi connectivity index (χ3n) is 3.70. The number of hydrogen-bond donors (Lipinski definition) is 3. The van der Waals surface area contributed by atoms with Crippen LogP contribution in [0.25, 0.3) is 0 Å². The smallest absolute Gasteiger partial charge is 0.161 e. The summed E-state index contributed by atoms with van der Waals surface area (Å²) < 4.78 is 17.2. The van der Waals surface area contributed by atoms with Crippen LogP contribution in [-0.4, -0.2) is 43.2 Å². The quantitative estimate of drug-likeness (QED) is 0.220. The van der Waals surface area contributed by atoms with Gasteiger partial charge < -0.3 is 19.5 Å². The molecule has 0 fully saturated rings. The predicted octanol–water partition coefficient (Wildman–Crippen LogP) is 2.88. The molecule has 0 aliphatic rings. The number of nitrogens with zero attached hydrogens (tertiary/aromatic N) is 1. The van der Waals surface area contributed by atoms with Gasteiger partial charge in [-0.3, -0.25) is 5.21 Å². The average molecular weight is 394 g/mol. The van der Waals surface area contributed by atoms with E-state index in [1.54, 1.807) is 7.11 Å². The highest BCUT2D eigenvalue weighted by Crippen LogP contribution is 2.30. The molecule has 8 heteroatoms. The molecule has 0 bridgehead atoms. The van der Waals surface area contributed by atoms with Gasteiger partial charge in [0.1, 0.15) is 12.4 Å². The minimum atomic E-state index is 0.556. The summed E-state index contributed by atoms with van der Waals surface area (Å²) in [6.45, 7) is 4.65. The van der Waals surface area contributed by atoms with Gasteiger partial charge in [0, 0.05) is 18.5 Å². The van der Waals surface area contributed by atoms with Crippen LogP contribution in [0.1, 0.15) is 12.5 Å². The maximum absolute atomic E-state index is 9.22. The Morgan fingerprint density at radius 1 is 1.07 bits per heavy atom. The Balaban J connectivity index is 1.74. The second-order valence-corrected chi connectivity index (χ2v) is 6.60. The number of benzene rings is 2. The van der Waals surface area contributed by atoms with E-state index < -0.39 is 0 Å². The van der Waals surface area contributed by atoms with Gasteiger partial charge in [0.25, 0.3) is 0 Å². The molecule has 0 atom stereocenters. The van der Waals surface area contributed by atoms with Crippen LogP contribution < -0.4 is 25.4 Å². The van der Waals surface area contributed by atoms with Crippen molar-refractivity contribution in [1.82, 2.24) is 9.89 Å². The number of methoxy groups -OCH3 is 1. The van der Waals surface area contributed by atoms with Gasteiger partial charge in [0.05, 0.1) is 18.6 Å². The van der Waals surface area contributed by atoms with Crippen LogP contribution in [0.5, 0.6) is 17.2 Å². The minimum absolute atomic E-state index is 0.556. The zero-order chi connectivity index (χ0) is 19.5. The fourth-order valence-corrected chi connectivity index (χ4v) is 3.13. The fourth-order valence-electron chi connectivity index (χ4n) is 2.48. The van der Waals surface area contributed by atoms with Gasteiger partial charge in [-0.15, -0.1) is 0 Å². The molecule has 2 rings (SSSR count). The largest absolute Gasteiger partial charge is 0.496 e. The highest BCUT2D eigenvalue weighted by Gasteiger charge is 2.08. The Bertz CT molecular complexity index is 700. The number of para-hydroxylation sites is 2. The molecular formula is C19H27N3O4S. The Morgan fingerprint density at radius 2 is 1.81 bits per heavy atom. The number of hydrogen-bond acceptors (Lipinski definition) is 8. The molecule has 27 heavy (non-hydrogen) atoms.